The maximum absolute atomic E-state index is 2.44. The normalized spacial score (nSPS) is 23.3. The van der Waals surface area contributed by atoms with Crippen LogP contribution in [0.1, 0.15) is 75.2 Å². The molecule has 17 heavy (non-hydrogen) atoms. The van der Waals surface area contributed by atoms with Crippen LogP contribution in [0, 0.1) is 34.0 Å². The van der Waals surface area contributed by atoms with Crippen LogP contribution in [0.15, 0.2) is 0 Å². The molecule has 102 valence electrons. The molecule has 0 aromatic heterocycles. The zero-order chi connectivity index (χ0) is 13.6. The summed E-state index contributed by atoms with van der Waals surface area (Å²) in [6.07, 6.45) is 2.85. The molecule has 0 radical (unpaired) electrons. The summed E-state index contributed by atoms with van der Waals surface area (Å²) >= 11 is 0. The molecule has 0 atom stereocenters. The molecule has 1 fully saturated rings. The second-order valence-corrected chi connectivity index (χ2v) is 8.46. The Morgan fingerprint density at radius 3 is 1.24 bits per heavy atom. The first kappa shape index (κ1) is 15.1. The lowest BCUT2D eigenvalue weighted by Crippen LogP contribution is -2.60. The summed E-state index contributed by atoms with van der Waals surface area (Å²) < 4.78 is 0. The first-order chi connectivity index (χ1) is 7.49. The van der Waals surface area contributed by atoms with Gasteiger partial charge < -0.3 is 0 Å². The highest BCUT2D eigenvalue weighted by Crippen LogP contribution is 2.70. The van der Waals surface area contributed by atoms with Gasteiger partial charge in [0.25, 0.3) is 0 Å². The van der Waals surface area contributed by atoms with Gasteiger partial charge in [-0.25, -0.2) is 0 Å². The van der Waals surface area contributed by atoms with Crippen LogP contribution >= 0.6 is 0 Å². The molecule has 0 bridgehead atoms. The summed E-state index contributed by atoms with van der Waals surface area (Å²) in [5.74, 6) is 2.43. The summed E-state index contributed by atoms with van der Waals surface area (Å²) in [6.45, 7) is 21.9. The maximum Gasteiger partial charge on any atom is -0.0215 e. The van der Waals surface area contributed by atoms with Crippen LogP contribution in [-0.2, 0) is 0 Å². The maximum atomic E-state index is 2.44. The van der Waals surface area contributed by atoms with Crippen molar-refractivity contribution in [1.82, 2.24) is 0 Å². The lowest BCUT2D eigenvalue weighted by molar-refractivity contribution is -0.186. The van der Waals surface area contributed by atoms with Crippen LogP contribution in [-0.4, -0.2) is 0 Å². The minimum Gasteiger partial charge on any atom is -0.0622 e. The van der Waals surface area contributed by atoms with E-state index in [1.54, 1.807) is 0 Å². The summed E-state index contributed by atoms with van der Waals surface area (Å²) in [6, 6.07) is 0. The van der Waals surface area contributed by atoms with Crippen LogP contribution in [0.2, 0.25) is 0 Å². The Balaban J connectivity index is 3.01. The zero-order valence-corrected chi connectivity index (χ0v) is 13.6. The van der Waals surface area contributed by atoms with E-state index >= 15 is 0 Å². The fourth-order valence-corrected chi connectivity index (χ4v) is 4.41. The molecular formula is C17H34. The highest BCUT2D eigenvalue weighted by Gasteiger charge is 2.62. The Labute approximate surface area is 110 Å². The molecule has 0 aliphatic heterocycles. The van der Waals surface area contributed by atoms with Crippen molar-refractivity contribution < 1.29 is 0 Å². The van der Waals surface area contributed by atoms with E-state index in [4.69, 9.17) is 0 Å². The zero-order valence-electron chi connectivity index (χ0n) is 13.6. The van der Waals surface area contributed by atoms with Crippen LogP contribution in [0.5, 0.6) is 0 Å². The van der Waals surface area contributed by atoms with E-state index in [0.717, 1.165) is 17.8 Å². The van der Waals surface area contributed by atoms with Gasteiger partial charge in [0.15, 0.2) is 0 Å². The van der Waals surface area contributed by atoms with Gasteiger partial charge in [-0.05, 0) is 46.8 Å². The lowest BCUT2D eigenvalue weighted by Gasteiger charge is -2.68. The van der Waals surface area contributed by atoms with Gasteiger partial charge in [0, 0.05) is 0 Å². The quantitative estimate of drug-likeness (QED) is 0.586. The van der Waals surface area contributed by atoms with Crippen molar-refractivity contribution >= 4 is 0 Å². The summed E-state index contributed by atoms with van der Waals surface area (Å²) in [5.41, 5.74) is 1.59. The predicted molar refractivity (Wildman–Crippen MR) is 78.1 cm³/mol. The van der Waals surface area contributed by atoms with Gasteiger partial charge in [-0.1, -0.05) is 62.3 Å². The smallest absolute Gasteiger partial charge is 0.0215 e. The Morgan fingerprint density at radius 1 is 0.706 bits per heavy atom. The number of hydrogen-bond donors (Lipinski definition) is 0. The number of rotatable bonds is 3. The van der Waals surface area contributed by atoms with Crippen molar-refractivity contribution in [2.24, 2.45) is 34.0 Å². The molecule has 1 rings (SSSR count). The van der Waals surface area contributed by atoms with E-state index in [-0.39, 0.29) is 0 Å². The minimum atomic E-state index is 0.439. The van der Waals surface area contributed by atoms with Crippen molar-refractivity contribution in [1.29, 1.82) is 0 Å². The number of hydrogen-bond acceptors (Lipinski definition) is 0. The molecule has 1 aliphatic carbocycles. The molecule has 1 aliphatic rings. The second kappa shape index (κ2) is 4.28. The molecule has 0 aromatic carbocycles. The van der Waals surface area contributed by atoms with E-state index in [9.17, 15) is 0 Å². The van der Waals surface area contributed by atoms with Crippen LogP contribution < -0.4 is 0 Å². The van der Waals surface area contributed by atoms with Crippen molar-refractivity contribution in [2.45, 2.75) is 75.2 Å². The van der Waals surface area contributed by atoms with Crippen LogP contribution in [0.25, 0.3) is 0 Å². The van der Waals surface area contributed by atoms with Gasteiger partial charge in [-0.2, -0.15) is 0 Å². The molecule has 0 heterocycles. The van der Waals surface area contributed by atoms with Gasteiger partial charge in [0.2, 0.25) is 0 Å². The SMILES string of the molecule is CC(C)C1(C(C)C)CC(C(C)C)(C(C)(C)C)C1. The fraction of sp³-hybridized carbons (Fsp3) is 1.00. The summed E-state index contributed by atoms with van der Waals surface area (Å²) in [5, 5.41) is 0. The fourth-order valence-electron chi connectivity index (χ4n) is 4.41. The topological polar surface area (TPSA) is 0 Å². The molecule has 0 amide bonds. The molecular weight excluding hydrogens is 204 g/mol. The van der Waals surface area contributed by atoms with E-state index in [1.807, 2.05) is 0 Å². The van der Waals surface area contributed by atoms with Crippen LogP contribution in [0.3, 0.4) is 0 Å². The first-order valence-corrected chi connectivity index (χ1v) is 7.49. The third-order valence-corrected chi connectivity index (χ3v) is 6.19. The average molecular weight is 238 g/mol. The van der Waals surface area contributed by atoms with E-state index in [0.29, 0.717) is 16.2 Å². The molecule has 0 N–H and O–H groups in total. The van der Waals surface area contributed by atoms with Gasteiger partial charge >= 0.3 is 0 Å². The van der Waals surface area contributed by atoms with Crippen molar-refractivity contribution in [3.05, 3.63) is 0 Å². The molecule has 0 spiro atoms. The minimum absolute atomic E-state index is 0.439. The third-order valence-electron chi connectivity index (χ3n) is 6.19. The molecule has 0 aromatic rings. The second-order valence-electron chi connectivity index (χ2n) is 8.46. The van der Waals surface area contributed by atoms with Gasteiger partial charge in [-0.3, -0.25) is 0 Å². The van der Waals surface area contributed by atoms with Gasteiger partial charge in [0.1, 0.15) is 0 Å². The van der Waals surface area contributed by atoms with E-state index < -0.39 is 0 Å². The molecule has 1 saturated carbocycles. The lowest BCUT2D eigenvalue weighted by atomic mass is 9.37. The van der Waals surface area contributed by atoms with Crippen molar-refractivity contribution in [2.75, 3.05) is 0 Å². The first-order valence-electron chi connectivity index (χ1n) is 7.49. The molecule has 0 nitrogen and oxygen atoms in total. The van der Waals surface area contributed by atoms with E-state index in [1.165, 1.54) is 12.8 Å². The van der Waals surface area contributed by atoms with Gasteiger partial charge in [-0.15, -0.1) is 0 Å². The monoisotopic (exact) mass is 238 g/mol. The Hall–Kier alpha value is 0. The predicted octanol–water partition coefficient (Wildman–Crippen LogP) is 5.77. The highest BCUT2D eigenvalue weighted by molar-refractivity contribution is 5.11. The highest BCUT2D eigenvalue weighted by atomic mass is 14.7. The molecule has 0 saturated heterocycles. The Morgan fingerprint density at radius 2 is 1.06 bits per heavy atom. The molecule has 0 unspecified atom stereocenters. The van der Waals surface area contributed by atoms with Crippen LogP contribution in [0.4, 0.5) is 0 Å². The van der Waals surface area contributed by atoms with Crippen molar-refractivity contribution in [3.63, 3.8) is 0 Å². The van der Waals surface area contributed by atoms with Crippen molar-refractivity contribution in [3.8, 4) is 0 Å². The average Bonchev–Trinajstić information content (AvgIpc) is 1.96. The summed E-state index contributed by atoms with van der Waals surface area (Å²) in [7, 11) is 0. The third kappa shape index (κ3) is 2.06. The largest absolute Gasteiger partial charge is 0.0622 e. The van der Waals surface area contributed by atoms with Gasteiger partial charge in [0.05, 0.1) is 0 Å². The standard InChI is InChI=1S/C17H34/c1-12(2)16(13(3)4)10-17(11-16,14(5)6)15(7,8)9/h12-14H,10-11H2,1-9H3. The summed E-state index contributed by atoms with van der Waals surface area (Å²) in [4.78, 5) is 0. The Kier molecular flexibility index (Phi) is 3.79. The Bertz CT molecular complexity index is 246. The molecule has 0 heteroatoms. The van der Waals surface area contributed by atoms with E-state index in [2.05, 4.69) is 62.3 Å².